The first-order valence-corrected chi connectivity index (χ1v) is 7.08. The molecular weight excluding hydrogens is 306 g/mol. The summed E-state index contributed by atoms with van der Waals surface area (Å²) in [4.78, 5) is 11.0. The first-order valence-electron chi connectivity index (χ1n) is 6.29. The van der Waals surface area contributed by atoms with Crippen molar-refractivity contribution in [1.29, 1.82) is 0 Å². The largest absolute Gasteiger partial charge is 0.494 e. The van der Waals surface area contributed by atoms with E-state index in [0.29, 0.717) is 6.04 Å². The van der Waals surface area contributed by atoms with E-state index in [1.54, 1.807) is 7.11 Å². The van der Waals surface area contributed by atoms with Gasteiger partial charge in [0, 0.05) is 18.3 Å². The molecule has 2 aromatic heterocycles. The normalized spacial score (nSPS) is 13.1. The quantitative estimate of drug-likeness (QED) is 0.803. The Labute approximate surface area is 121 Å². The molecule has 2 heterocycles. The first kappa shape index (κ1) is 13.9. The van der Waals surface area contributed by atoms with Gasteiger partial charge in [-0.1, -0.05) is 6.92 Å². The SMILES string of the molecule is CC[C@H](C)N=Cc1[nH]c(-c2ccc(Br)[nH]2)cc1OC. The monoisotopic (exact) mass is 323 g/mol. The van der Waals surface area contributed by atoms with Crippen molar-refractivity contribution in [3.8, 4) is 17.1 Å². The van der Waals surface area contributed by atoms with Gasteiger partial charge in [0.2, 0.25) is 0 Å². The van der Waals surface area contributed by atoms with Crippen LogP contribution in [-0.2, 0) is 0 Å². The second-order valence-electron chi connectivity index (χ2n) is 4.42. The number of hydrogen-bond acceptors (Lipinski definition) is 2. The molecule has 2 N–H and O–H groups in total. The predicted molar refractivity (Wildman–Crippen MR) is 82.2 cm³/mol. The lowest BCUT2D eigenvalue weighted by atomic mass is 10.3. The van der Waals surface area contributed by atoms with E-state index in [9.17, 15) is 0 Å². The number of halogens is 1. The van der Waals surface area contributed by atoms with Crippen molar-refractivity contribution in [1.82, 2.24) is 9.97 Å². The maximum Gasteiger partial charge on any atom is 0.146 e. The maximum atomic E-state index is 5.37. The summed E-state index contributed by atoms with van der Waals surface area (Å²) < 4.78 is 6.32. The van der Waals surface area contributed by atoms with E-state index in [4.69, 9.17) is 4.74 Å². The van der Waals surface area contributed by atoms with Crippen LogP contribution in [0.15, 0.2) is 27.8 Å². The van der Waals surface area contributed by atoms with Gasteiger partial charge in [0.05, 0.1) is 28.8 Å². The van der Waals surface area contributed by atoms with Crippen molar-refractivity contribution < 1.29 is 4.74 Å². The third kappa shape index (κ3) is 3.29. The Morgan fingerprint density at radius 3 is 2.74 bits per heavy atom. The van der Waals surface area contributed by atoms with Crippen molar-refractivity contribution in [2.75, 3.05) is 7.11 Å². The summed E-state index contributed by atoms with van der Waals surface area (Å²) in [7, 11) is 1.66. The Kier molecular flexibility index (Phi) is 4.47. The van der Waals surface area contributed by atoms with Crippen LogP contribution in [-0.4, -0.2) is 29.3 Å². The zero-order valence-corrected chi connectivity index (χ0v) is 12.9. The number of hydrogen-bond donors (Lipinski definition) is 2. The molecular formula is C14H18BrN3O. The molecule has 0 amide bonds. The molecule has 19 heavy (non-hydrogen) atoms. The van der Waals surface area contributed by atoms with Crippen molar-refractivity contribution >= 4 is 22.1 Å². The van der Waals surface area contributed by atoms with E-state index in [2.05, 4.69) is 44.7 Å². The molecule has 0 fully saturated rings. The summed E-state index contributed by atoms with van der Waals surface area (Å²) in [5.41, 5.74) is 2.88. The number of rotatable bonds is 5. The lowest BCUT2D eigenvalue weighted by Gasteiger charge is -2.00. The van der Waals surface area contributed by atoms with Gasteiger partial charge < -0.3 is 14.7 Å². The fourth-order valence-electron chi connectivity index (χ4n) is 1.69. The van der Waals surface area contributed by atoms with Gasteiger partial charge in [0.25, 0.3) is 0 Å². The molecule has 0 radical (unpaired) electrons. The first-order chi connectivity index (χ1) is 9.13. The Morgan fingerprint density at radius 1 is 1.37 bits per heavy atom. The second-order valence-corrected chi connectivity index (χ2v) is 5.27. The molecule has 0 saturated carbocycles. The highest BCUT2D eigenvalue weighted by atomic mass is 79.9. The molecule has 102 valence electrons. The van der Waals surface area contributed by atoms with Gasteiger partial charge in [-0.15, -0.1) is 0 Å². The molecule has 5 heteroatoms. The second kappa shape index (κ2) is 6.10. The van der Waals surface area contributed by atoms with E-state index in [1.165, 1.54) is 0 Å². The Hall–Kier alpha value is -1.49. The highest BCUT2D eigenvalue weighted by Crippen LogP contribution is 2.26. The summed E-state index contributed by atoms with van der Waals surface area (Å²) in [5, 5.41) is 0. The molecule has 0 aliphatic heterocycles. The van der Waals surface area contributed by atoms with E-state index >= 15 is 0 Å². The number of nitrogens with one attached hydrogen (secondary N) is 2. The van der Waals surface area contributed by atoms with Gasteiger partial charge in [-0.3, -0.25) is 4.99 Å². The molecule has 4 nitrogen and oxygen atoms in total. The summed E-state index contributed by atoms with van der Waals surface area (Å²) in [6, 6.07) is 6.26. The van der Waals surface area contributed by atoms with Gasteiger partial charge in [0.15, 0.2) is 0 Å². The minimum Gasteiger partial charge on any atom is -0.494 e. The van der Waals surface area contributed by atoms with Crippen LogP contribution in [0.3, 0.4) is 0 Å². The van der Waals surface area contributed by atoms with Crippen LogP contribution in [0.25, 0.3) is 11.4 Å². The fourth-order valence-corrected chi connectivity index (χ4v) is 2.04. The summed E-state index contributed by atoms with van der Waals surface area (Å²) in [6.07, 6.45) is 2.87. The average molecular weight is 324 g/mol. The molecule has 1 atom stereocenters. The summed E-state index contributed by atoms with van der Waals surface area (Å²) in [6.45, 7) is 4.21. The van der Waals surface area contributed by atoms with E-state index in [0.717, 1.165) is 33.9 Å². The van der Waals surface area contributed by atoms with Crippen LogP contribution in [0.5, 0.6) is 5.75 Å². The van der Waals surface area contributed by atoms with Crippen molar-refractivity contribution in [3.63, 3.8) is 0 Å². The maximum absolute atomic E-state index is 5.37. The van der Waals surface area contributed by atoms with Gasteiger partial charge in [0.1, 0.15) is 5.75 Å². The number of aliphatic imine (C=N–C) groups is 1. The smallest absolute Gasteiger partial charge is 0.146 e. The lowest BCUT2D eigenvalue weighted by molar-refractivity contribution is 0.415. The van der Waals surface area contributed by atoms with Crippen LogP contribution in [0.1, 0.15) is 26.0 Å². The Balaban J connectivity index is 2.29. The predicted octanol–water partition coefficient (Wildman–Crippen LogP) is 4.00. The standard InChI is InChI=1S/C14H18BrN3O/c1-4-9(2)16-8-12-13(19-3)7-11(17-12)10-5-6-14(15)18-10/h5-9,17-18H,4H2,1-3H3/t9-/m0/s1. The van der Waals surface area contributed by atoms with Gasteiger partial charge >= 0.3 is 0 Å². The number of ether oxygens (including phenoxy) is 1. The molecule has 2 aromatic rings. The van der Waals surface area contributed by atoms with Crippen LogP contribution in [0.4, 0.5) is 0 Å². The van der Waals surface area contributed by atoms with E-state index in [-0.39, 0.29) is 0 Å². The zero-order chi connectivity index (χ0) is 13.8. The third-order valence-electron chi connectivity index (χ3n) is 3.02. The van der Waals surface area contributed by atoms with Crippen LogP contribution < -0.4 is 4.74 Å². The van der Waals surface area contributed by atoms with E-state index < -0.39 is 0 Å². The fraction of sp³-hybridized carbons (Fsp3) is 0.357. The number of H-pyrrole nitrogens is 2. The highest BCUT2D eigenvalue weighted by molar-refractivity contribution is 9.10. The molecule has 0 aromatic carbocycles. The zero-order valence-electron chi connectivity index (χ0n) is 11.3. The van der Waals surface area contributed by atoms with Crippen LogP contribution in [0, 0.1) is 0 Å². The topological polar surface area (TPSA) is 53.2 Å². The summed E-state index contributed by atoms with van der Waals surface area (Å²) >= 11 is 3.40. The van der Waals surface area contributed by atoms with Crippen molar-refractivity contribution in [2.45, 2.75) is 26.3 Å². The van der Waals surface area contributed by atoms with Gasteiger partial charge in [-0.05, 0) is 41.4 Å². The lowest BCUT2D eigenvalue weighted by Crippen LogP contribution is -1.96. The molecule has 2 rings (SSSR count). The molecule has 0 aliphatic rings. The van der Waals surface area contributed by atoms with Crippen LogP contribution >= 0.6 is 15.9 Å². The van der Waals surface area contributed by atoms with Crippen LogP contribution in [0.2, 0.25) is 0 Å². The van der Waals surface area contributed by atoms with E-state index in [1.807, 2.05) is 24.4 Å². The molecule has 0 bridgehead atoms. The van der Waals surface area contributed by atoms with Crippen molar-refractivity contribution in [2.24, 2.45) is 4.99 Å². The van der Waals surface area contributed by atoms with Gasteiger partial charge in [-0.25, -0.2) is 0 Å². The Bertz CT molecular complexity index is 571. The molecule has 0 aliphatic carbocycles. The average Bonchev–Trinajstić information content (AvgIpc) is 3.01. The van der Waals surface area contributed by atoms with Crippen molar-refractivity contribution in [3.05, 3.63) is 28.5 Å². The number of aromatic amines is 2. The highest BCUT2D eigenvalue weighted by Gasteiger charge is 2.10. The number of nitrogens with zero attached hydrogens (tertiary/aromatic N) is 1. The Morgan fingerprint density at radius 2 is 2.16 bits per heavy atom. The van der Waals surface area contributed by atoms with Gasteiger partial charge in [-0.2, -0.15) is 0 Å². The minimum absolute atomic E-state index is 0.316. The molecule has 0 spiro atoms. The molecule has 0 unspecified atom stereocenters. The minimum atomic E-state index is 0.316. The third-order valence-corrected chi connectivity index (χ3v) is 3.48. The summed E-state index contributed by atoms with van der Waals surface area (Å²) in [5.74, 6) is 0.799. The number of methoxy groups -OCH3 is 1. The molecule has 0 saturated heterocycles. The number of aromatic nitrogens is 2.